The maximum Gasteiger partial charge on any atom is 0.419 e. The summed E-state index contributed by atoms with van der Waals surface area (Å²) in [6, 6.07) is 11.6. The van der Waals surface area contributed by atoms with E-state index in [1.54, 1.807) is 42.5 Å². The van der Waals surface area contributed by atoms with Gasteiger partial charge in [-0.25, -0.2) is 4.79 Å². The number of nitrogens with one attached hydrogen (secondary N) is 1. The van der Waals surface area contributed by atoms with Gasteiger partial charge in [0.05, 0.1) is 5.52 Å². The summed E-state index contributed by atoms with van der Waals surface area (Å²) in [7, 11) is 0. The van der Waals surface area contributed by atoms with Crippen LogP contribution < -0.4 is 11.1 Å². The van der Waals surface area contributed by atoms with Crippen LogP contribution in [0, 0.1) is 0 Å². The molecule has 0 radical (unpaired) electrons. The van der Waals surface area contributed by atoms with Crippen molar-refractivity contribution in [1.29, 1.82) is 0 Å². The Morgan fingerprint density at radius 1 is 1.20 bits per heavy atom. The molecule has 0 bridgehead atoms. The van der Waals surface area contributed by atoms with E-state index < -0.39 is 5.76 Å². The number of amides is 1. The number of oxazole rings is 1. The van der Waals surface area contributed by atoms with E-state index in [-0.39, 0.29) is 24.7 Å². The minimum atomic E-state index is -0.538. The zero-order valence-corrected chi connectivity index (χ0v) is 14.2. The molecule has 0 unspecified atom stereocenters. The first-order chi connectivity index (χ1) is 11.9. The SMILES string of the molecule is CC(=O)c1cccc(NC(=O)CCn2c(=O)oc3cc(Cl)ccc32)c1. The fourth-order valence-electron chi connectivity index (χ4n) is 2.50. The van der Waals surface area contributed by atoms with Crippen LogP contribution in [0.25, 0.3) is 11.1 Å². The van der Waals surface area contributed by atoms with Gasteiger partial charge in [-0.05, 0) is 31.2 Å². The third kappa shape index (κ3) is 3.80. The first kappa shape index (κ1) is 17.0. The number of halogens is 1. The van der Waals surface area contributed by atoms with Gasteiger partial charge in [0.1, 0.15) is 0 Å². The van der Waals surface area contributed by atoms with Gasteiger partial charge in [0, 0.05) is 35.3 Å². The summed E-state index contributed by atoms with van der Waals surface area (Å²) >= 11 is 5.87. The fraction of sp³-hybridized carbons (Fsp3) is 0.167. The first-order valence-corrected chi connectivity index (χ1v) is 8.01. The van der Waals surface area contributed by atoms with E-state index in [9.17, 15) is 14.4 Å². The van der Waals surface area contributed by atoms with Crippen molar-refractivity contribution in [2.75, 3.05) is 5.32 Å². The number of aryl methyl sites for hydroxylation is 1. The van der Waals surface area contributed by atoms with Gasteiger partial charge < -0.3 is 9.73 Å². The van der Waals surface area contributed by atoms with Crippen LogP contribution in [0.4, 0.5) is 5.69 Å². The van der Waals surface area contributed by atoms with Gasteiger partial charge in [-0.3, -0.25) is 14.2 Å². The highest BCUT2D eigenvalue weighted by Crippen LogP contribution is 2.18. The molecule has 0 fully saturated rings. The Labute approximate surface area is 148 Å². The van der Waals surface area contributed by atoms with Crippen LogP contribution in [0.3, 0.4) is 0 Å². The number of benzene rings is 2. The molecule has 128 valence electrons. The van der Waals surface area contributed by atoms with E-state index in [4.69, 9.17) is 16.0 Å². The predicted molar refractivity (Wildman–Crippen MR) is 95.2 cm³/mol. The van der Waals surface area contributed by atoms with Crippen molar-refractivity contribution in [3.63, 3.8) is 0 Å². The van der Waals surface area contributed by atoms with Crippen molar-refractivity contribution in [2.24, 2.45) is 0 Å². The van der Waals surface area contributed by atoms with Crippen molar-refractivity contribution in [1.82, 2.24) is 4.57 Å². The highest BCUT2D eigenvalue weighted by atomic mass is 35.5. The summed E-state index contributed by atoms with van der Waals surface area (Å²) in [5.74, 6) is -0.884. The molecule has 2 aromatic carbocycles. The normalized spacial score (nSPS) is 10.8. The lowest BCUT2D eigenvalue weighted by Gasteiger charge is -2.07. The van der Waals surface area contributed by atoms with Crippen molar-refractivity contribution in [2.45, 2.75) is 19.9 Å². The van der Waals surface area contributed by atoms with E-state index in [0.29, 0.717) is 27.4 Å². The molecule has 0 spiro atoms. The Morgan fingerprint density at radius 2 is 2.00 bits per heavy atom. The molecular weight excluding hydrogens is 344 g/mol. The average Bonchev–Trinajstić information content (AvgIpc) is 2.87. The number of fused-ring (bicyclic) bond motifs is 1. The zero-order valence-electron chi connectivity index (χ0n) is 13.4. The summed E-state index contributed by atoms with van der Waals surface area (Å²) in [5, 5.41) is 3.19. The van der Waals surface area contributed by atoms with E-state index in [1.165, 1.54) is 11.5 Å². The summed E-state index contributed by atoms with van der Waals surface area (Å²) < 4.78 is 6.51. The number of anilines is 1. The number of rotatable bonds is 5. The Morgan fingerprint density at radius 3 is 2.76 bits per heavy atom. The number of hydrogen-bond donors (Lipinski definition) is 1. The Hall–Kier alpha value is -2.86. The number of carbonyl (C=O) groups excluding carboxylic acids is 2. The largest absolute Gasteiger partial charge is 0.419 e. The lowest BCUT2D eigenvalue weighted by molar-refractivity contribution is -0.116. The highest BCUT2D eigenvalue weighted by Gasteiger charge is 2.12. The number of carbonyl (C=O) groups is 2. The summed E-state index contributed by atoms with van der Waals surface area (Å²) in [6.07, 6.45) is 0.0848. The van der Waals surface area contributed by atoms with E-state index in [0.717, 1.165) is 0 Å². The number of Topliss-reactive ketones (excluding diaryl/α,β-unsaturated/α-hetero) is 1. The molecule has 1 amide bonds. The second-order valence-electron chi connectivity index (χ2n) is 5.57. The molecule has 1 aromatic heterocycles. The molecule has 3 aromatic rings. The molecule has 0 aliphatic heterocycles. The van der Waals surface area contributed by atoms with E-state index >= 15 is 0 Å². The number of ketones is 1. The Kier molecular flexibility index (Phi) is 4.72. The predicted octanol–water partition coefficient (Wildman–Crippen LogP) is 3.48. The molecule has 7 heteroatoms. The summed E-state index contributed by atoms with van der Waals surface area (Å²) in [4.78, 5) is 35.4. The van der Waals surface area contributed by atoms with Crippen LogP contribution in [-0.2, 0) is 11.3 Å². The minimum absolute atomic E-state index is 0.0776. The summed E-state index contributed by atoms with van der Waals surface area (Å²) in [6.45, 7) is 1.63. The Balaban J connectivity index is 1.71. The first-order valence-electron chi connectivity index (χ1n) is 7.64. The number of aromatic nitrogens is 1. The number of nitrogens with zero attached hydrogens (tertiary/aromatic N) is 1. The van der Waals surface area contributed by atoms with E-state index in [2.05, 4.69) is 5.32 Å². The van der Waals surface area contributed by atoms with Gasteiger partial charge >= 0.3 is 5.76 Å². The molecule has 0 aliphatic rings. The zero-order chi connectivity index (χ0) is 18.0. The van der Waals surface area contributed by atoms with Gasteiger partial charge in [-0.15, -0.1) is 0 Å². The van der Waals surface area contributed by atoms with Crippen LogP contribution in [0.5, 0.6) is 0 Å². The quantitative estimate of drug-likeness (QED) is 0.708. The molecule has 0 atom stereocenters. The minimum Gasteiger partial charge on any atom is -0.408 e. The molecule has 0 saturated heterocycles. The van der Waals surface area contributed by atoms with Gasteiger partial charge in [0.15, 0.2) is 11.4 Å². The monoisotopic (exact) mass is 358 g/mol. The molecule has 0 saturated carbocycles. The van der Waals surface area contributed by atoms with Gasteiger partial charge in [-0.2, -0.15) is 0 Å². The maximum atomic E-state index is 12.1. The third-order valence-electron chi connectivity index (χ3n) is 3.75. The molecule has 1 heterocycles. The maximum absolute atomic E-state index is 12.1. The topological polar surface area (TPSA) is 81.3 Å². The molecule has 25 heavy (non-hydrogen) atoms. The summed E-state index contributed by atoms with van der Waals surface area (Å²) in [5.41, 5.74) is 2.02. The van der Waals surface area contributed by atoms with Crippen LogP contribution >= 0.6 is 11.6 Å². The van der Waals surface area contributed by atoms with Crippen molar-refractivity contribution < 1.29 is 14.0 Å². The van der Waals surface area contributed by atoms with Crippen molar-refractivity contribution in [3.8, 4) is 0 Å². The lowest BCUT2D eigenvalue weighted by atomic mass is 10.1. The molecule has 6 nitrogen and oxygen atoms in total. The molecule has 1 N–H and O–H groups in total. The smallest absolute Gasteiger partial charge is 0.408 e. The van der Waals surface area contributed by atoms with E-state index in [1.807, 2.05) is 0 Å². The van der Waals surface area contributed by atoms with Crippen LogP contribution in [0.2, 0.25) is 5.02 Å². The van der Waals surface area contributed by atoms with Gasteiger partial charge in [0.2, 0.25) is 5.91 Å². The van der Waals surface area contributed by atoms with Gasteiger partial charge in [0.25, 0.3) is 0 Å². The third-order valence-corrected chi connectivity index (χ3v) is 3.98. The second kappa shape index (κ2) is 6.94. The molecular formula is C18H15ClN2O4. The average molecular weight is 359 g/mol. The van der Waals surface area contributed by atoms with Gasteiger partial charge in [-0.1, -0.05) is 23.7 Å². The standard InChI is InChI=1S/C18H15ClN2O4/c1-11(22)12-3-2-4-14(9-12)20-17(23)7-8-21-15-6-5-13(19)10-16(15)25-18(21)24/h2-6,9-10H,7-8H2,1H3,(H,20,23). The highest BCUT2D eigenvalue weighted by molar-refractivity contribution is 6.31. The fourth-order valence-corrected chi connectivity index (χ4v) is 2.67. The molecule has 3 rings (SSSR count). The van der Waals surface area contributed by atoms with Crippen molar-refractivity contribution >= 4 is 40.1 Å². The van der Waals surface area contributed by atoms with Crippen LogP contribution in [-0.4, -0.2) is 16.3 Å². The van der Waals surface area contributed by atoms with Crippen molar-refractivity contribution in [3.05, 3.63) is 63.6 Å². The second-order valence-corrected chi connectivity index (χ2v) is 6.00. The molecule has 0 aliphatic carbocycles. The number of hydrogen-bond acceptors (Lipinski definition) is 4. The van der Waals surface area contributed by atoms with Crippen LogP contribution in [0.1, 0.15) is 23.7 Å². The lowest BCUT2D eigenvalue weighted by Crippen LogP contribution is -2.19. The van der Waals surface area contributed by atoms with Crippen LogP contribution in [0.15, 0.2) is 51.7 Å². The Bertz CT molecular complexity index is 1020.